The molecule has 3 nitrogen and oxygen atoms in total. The van der Waals surface area contributed by atoms with Gasteiger partial charge in [-0.1, -0.05) is 18.2 Å². The van der Waals surface area contributed by atoms with Crippen LogP contribution in [0.15, 0.2) is 36.4 Å². The van der Waals surface area contributed by atoms with Gasteiger partial charge in [0.25, 0.3) is 0 Å². The number of nitrogen functional groups attached to an aromatic ring is 1. The van der Waals surface area contributed by atoms with E-state index >= 15 is 0 Å². The van der Waals surface area contributed by atoms with Crippen molar-refractivity contribution in [2.45, 2.75) is 6.42 Å². The predicted octanol–water partition coefficient (Wildman–Crippen LogP) is 3.01. The van der Waals surface area contributed by atoms with Crippen LogP contribution in [0.3, 0.4) is 0 Å². The van der Waals surface area contributed by atoms with Gasteiger partial charge in [-0.2, -0.15) is 0 Å². The van der Waals surface area contributed by atoms with Crippen LogP contribution in [0, 0.1) is 11.6 Å². The van der Waals surface area contributed by atoms with E-state index in [1.807, 2.05) is 18.2 Å². The summed E-state index contributed by atoms with van der Waals surface area (Å²) in [6.45, 7) is 0. The van der Waals surface area contributed by atoms with E-state index in [1.54, 1.807) is 6.07 Å². The lowest BCUT2D eigenvalue weighted by Gasteiger charge is -2.01. The van der Waals surface area contributed by atoms with Crippen LogP contribution < -0.4 is 5.73 Å². The summed E-state index contributed by atoms with van der Waals surface area (Å²) in [7, 11) is 0. The number of benzene rings is 2. The van der Waals surface area contributed by atoms with E-state index < -0.39 is 11.6 Å². The second-order valence-corrected chi connectivity index (χ2v) is 4.34. The zero-order valence-corrected chi connectivity index (χ0v) is 9.95. The molecule has 0 radical (unpaired) electrons. The first-order chi connectivity index (χ1) is 9.13. The van der Waals surface area contributed by atoms with Crippen molar-refractivity contribution < 1.29 is 8.78 Å². The monoisotopic (exact) mass is 259 g/mol. The summed E-state index contributed by atoms with van der Waals surface area (Å²) in [4.78, 5) is 7.04. The van der Waals surface area contributed by atoms with E-state index in [0.29, 0.717) is 23.4 Å². The molecule has 0 aliphatic rings. The summed E-state index contributed by atoms with van der Waals surface area (Å²) in [5, 5.41) is 0. The molecule has 0 fully saturated rings. The number of imidazole rings is 1. The number of hydrogen-bond acceptors (Lipinski definition) is 2. The van der Waals surface area contributed by atoms with Gasteiger partial charge in [0.2, 0.25) is 0 Å². The number of aromatic amines is 1. The molecule has 1 aromatic heterocycles. The van der Waals surface area contributed by atoms with Gasteiger partial charge < -0.3 is 10.7 Å². The van der Waals surface area contributed by atoms with Crippen molar-refractivity contribution in [2.75, 3.05) is 5.73 Å². The average molecular weight is 259 g/mol. The molecule has 1 heterocycles. The molecule has 0 aliphatic carbocycles. The maximum atomic E-state index is 13.5. The summed E-state index contributed by atoms with van der Waals surface area (Å²) in [6, 6.07) is 9.42. The SMILES string of the molecule is Nc1ccccc1Cc1nc2c(F)cc(F)cc2[nH]1. The summed E-state index contributed by atoms with van der Waals surface area (Å²) in [6.07, 6.45) is 0.447. The van der Waals surface area contributed by atoms with Crippen molar-refractivity contribution in [3.05, 3.63) is 59.4 Å². The van der Waals surface area contributed by atoms with Crippen LogP contribution in [0.2, 0.25) is 0 Å². The number of halogens is 2. The maximum Gasteiger partial charge on any atom is 0.153 e. The summed E-state index contributed by atoms with van der Waals surface area (Å²) >= 11 is 0. The Morgan fingerprint density at radius 3 is 2.74 bits per heavy atom. The molecular formula is C14H11F2N3. The number of nitrogens with zero attached hydrogens (tertiary/aromatic N) is 1. The van der Waals surface area contributed by atoms with E-state index in [4.69, 9.17) is 5.73 Å². The molecule has 0 bridgehead atoms. The lowest BCUT2D eigenvalue weighted by molar-refractivity contribution is 0.590. The number of rotatable bonds is 2. The van der Waals surface area contributed by atoms with Crippen LogP contribution >= 0.6 is 0 Å². The largest absolute Gasteiger partial charge is 0.398 e. The van der Waals surface area contributed by atoms with Gasteiger partial charge in [0.05, 0.1) is 5.52 Å². The highest BCUT2D eigenvalue weighted by Gasteiger charge is 2.10. The highest BCUT2D eigenvalue weighted by Crippen LogP contribution is 2.20. The Bertz CT molecular complexity index is 750. The minimum atomic E-state index is -0.668. The Hall–Kier alpha value is -2.43. The first-order valence-electron chi connectivity index (χ1n) is 5.80. The Balaban J connectivity index is 2.03. The van der Waals surface area contributed by atoms with Crippen LogP contribution in [0.5, 0.6) is 0 Å². The van der Waals surface area contributed by atoms with Gasteiger partial charge in [-0.05, 0) is 17.7 Å². The molecule has 3 rings (SSSR count). The standard InChI is InChI=1S/C14H11F2N3/c15-9-6-10(16)14-12(7-9)18-13(19-14)5-8-3-1-2-4-11(8)17/h1-4,6-7H,5,17H2,(H,18,19). The van der Waals surface area contributed by atoms with Gasteiger partial charge in [0.15, 0.2) is 5.82 Å². The number of nitrogens with one attached hydrogen (secondary N) is 1. The number of hydrogen-bond donors (Lipinski definition) is 2. The number of fused-ring (bicyclic) bond motifs is 1. The third-order valence-electron chi connectivity index (χ3n) is 2.97. The summed E-state index contributed by atoms with van der Waals surface area (Å²) in [5.74, 6) is -0.740. The highest BCUT2D eigenvalue weighted by atomic mass is 19.1. The van der Waals surface area contributed by atoms with Gasteiger partial charge in [-0.25, -0.2) is 13.8 Å². The van der Waals surface area contributed by atoms with Gasteiger partial charge in [-0.3, -0.25) is 0 Å². The van der Waals surface area contributed by atoms with Crippen LogP contribution in [0.4, 0.5) is 14.5 Å². The Kier molecular flexibility index (Phi) is 2.67. The average Bonchev–Trinajstić information content (AvgIpc) is 2.75. The molecule has 5 heteroatoms. The topological polar surface area (TPSA) is 54.7 Å². The van der Waals surface area contributed by atoms with Gasteiger partial charge in [0.1, 0.15) is 17.2 Å². The molecule has 0 saturated carbocycles. The minimum absolute atomic E-state index is 0.144. The summed E-state index contributed by atoms with van der Waals surface area (Å²) in [5.41, 5.74) is 7.87. The minimum Gasteiger partial charge on any atom is -0.398 e. The first kappa shape index (κ1) is 11.6. The van der Waals surface area contributed by atoms with E-state index in [2.05, 4.69) is 9.97 Å². The van der Waals surface area contributed by atoms with Crippen LogP contribution in [0.25, 0.3) is 11.0 Å². The van der Waals surface area contributed by atoms with Crippen molar-refractivity contribution >= 4 is 16.7 Å². The lowest BCUT2D eigenvalue weighted by atomic mass is 10.1. The molecule has 0 aliphatic heterocycles. The maximum absolute atomic E-state index is 13.5. The number of anilines is 1. The highest BCUT2D eigenvalue weighted by molar-refractivity contribution is 5.75. The molecule has 0 spiro atoms. The van der Waals surface area contributed by atoms with Crippen molar-refractivity contribution in [1.29, 1.82) is 0 Å². The number of H-pyrrole nitrogens is 1. The molecular weight excluding hydrogens is 248 g/mol. The number of para-hydroxylation sites is 1. The van der Waals surface area contributed by atoms with Crippen molar-refractivity contribution in [1.82, 2.24) is 9.97 Å². The second kappa shape index (κ2) is 4.35. The second-order valence-electron chi connectivity index (χ2n) is 4.34. The molecule has 0 unspecified atom stereocenters. The predicted molar refractivity (Wildman–Crippen MR) is 69.7 cm³/mol. The lowest BCUT2D eigenvalue weighted by Crippen LogP contribution is -1.96. The van der Waals surface area contributed by atoms with Crippen LogP contribution in [-0.2, 0) is 6.42 Å². The fourth-order valence-corrected chi connectivity index (χ4v) is 2.05. The van der Waals surface area contributed by atoms with Crippen molar-refractivity contribution in [3.63, 3.8) is 0 Å². The molecule has 3 aromatic rings. The normalized spacial score (nSPS) is 11.1. The van der Waals surface area contributed by atoms with E-state index in [9.17, 15) is 8.78 Å². The van der Waals surface area contributed by atoms with E-state index in [0.717, 1.165) is 11.6 Å². The smallest absolute Gasteiger partial charge is 0.153 e. The fraction of sp³-hybridized carbons (Fsp3) is 0.0714. The zero-order valence-electron chi connectivity index (χ0n) is 9.95. The van der Waals surface area contributed by atoms with E-state index in [1.165, 1.54) is 6.07 Å². The third-order valence-corrected chi connectivity index (χ3v) is 2.97. The molecule has 96 valence electrons. The summed E-state index contributed by atoms with van der Waals surface area (Å²) < 4.78 is 26.6. The Morgan fingerprint density at radius 2 is 1.95 bits per heavy atom. The van der Waals surface area contributed by atoms with Crippen LogP contribution in [0.1, 0.15) is 11.4 Å². The quantitative estimate of drug-likeness (QED) is 0.695. The molecule has 2 aromatic carbocycles. The fourth-order valence-electron chi connectivity index (χ4n) is 2.05. The van der Waals surface area contributed by atoms with Crippen LogP contribution in [-0.4, -0.2) is 9.97 Å². The first-order valence-corrected chi connectivity index (χ1v) is 5.80. The van der Waals surface area contributed by atoms with Gasteiger partial charge in [-0.15, -0.1) is 0 Å². The molecule has 0 amide bonds. The van der Waals surface area contributed by atoms with Crippen molar-refractivity contribution in [2.24, 2.45) is 0 Å². The molecule has 3 N–H and O–H groups in total. The number of nitrogens with two attached hydrogens (primary N) is 1. The van der Waals surface area contributed by atoms with Gasteiger partial charge >= 0.3 is 0 Å². The Labute approximate surface area is 108 Å². The molecule has 0 saturated heterocycles. The Morgan fingerprint density at radius 1 is 1.16 bits per heavy atom. The van der Waals surface area contributed by atoms with Crippen molar-refractivity contribution in [3.8, 4) is 0 Å². The van der Waals surface area contributed by atoms with Gasteiger partial charge in [0, 0.05) is 18.2 Å². The molecule has 19 heavy (non-hydrogen) atoms. The zero-order chi connectivity index (χ0) is 13.4. The third kappa shape index (κ3) is 2.14. The van der Waals surface area contributed by atoms with E-state index in [-0.39, 0.29) is 5.52 Å². The molecule has 0 atom stereocenters. The number of aromatic nitrogens is 2.